The number of hydrogen-bond donors (Lipinski definition) is 1. The highest BCUT2D eigenvalue weighted by atomic mass is 127. The number of fused-ring (bicyclic) bond motifs is 1. The van der Waals surface area contributed by atoms with E-state index >= 15 is 0 Å². The number of amides is 1. The molecular weight excluding hydrogens is 451 g/mol. The lowest BCUT2D eigenvalue weighted by Gasteiger charge is -2.23. The predicted molar refractivity (Wildman–Crippen MR) is 122 cm³/mol. The normalized spacial score (nSPS) is 13.0. The molecule has 0 radical (unpaired) electrons. The van der Waals surface area contributed by atoms with E-state index in [1.165, 1.54) is 16.7 Å². The molecule has 0 bridgehead atoms. The van der Waals surface area contributed by atoms with Crippen LogP contribution in [-0.4, -0.2) is 44.0 Å². The van der Waals surface area contributed by atoms with Gasteiger partial charge in [-0.15, -0.1) is 24.0 Å². The van der Waals surface area contributed by atoms with Crippen molar-refractivity contribution in [1.29, 1.82) is 0 Å². The van der Waals surface area contributed by atoms with Gasteiger partial charge in [0, 0.05) is 32.9 Å². The minimum absolute atomic E-state index is 0. The number of carbonyl (C=O) groups is 1. The van der Waals surface area contributed by atoms with Crippen molar-refractivity contribution in [3.63, 3.8) is 0 Å². The van der Waals surface area contributed by atoms with Gasteiger partial charge in [0.2, 0.25) is 5.91 Å². The monoisotopic (exact) mass is 478 g/mol. The zero-order chi connectivity index (χ0) is 18.5. The number of carbonyl (C=O) groups excluding carboxylic acids is 1. The summed E-state index contributed by atoms with van der Waals surface area (Å²) in [5.41, 5.74) is 4.72. The third-order valence-corrected chi connectivity index (χ3v) is 4.70. The molecule has 0 atom stereocenters. The van der Waals surface area contributed by atoms with Crippen molar-refractivity contribution in [2.45, 2.75) is 19.9 Å². The van der Waals surface area contributed by atoms with Crippen molar-refractivity contribution in [1.82, 2.24) is 10.2 Å². The lowest BCUT2D eigenvalue weighted by atomic mass is 10.1. The van der Waals surface area contributed by atoms with Crippen LogP contribution >= 0.6 is 24.0 Å². The van der Waals surface area contributed by atoms with Gasteiger partial charge in [0.1, 0.15) is 0 Å². The van der Waals surface area contributed by atoms with Gasteiger partial charge < -0.3 is 15.1 Å². The summed E-state index contributed by atoms with van der Waals surface area (Å²) < 4.78 is 0. The fourth-order valence-electron chi connectivity index (χ4n) is 3.27. The molecule has 27 heavy (non-hydrogen) atoms. The van der Waals surface area contributed by atoms with Crippen molar-refractivity contribution < 1.29 is 4.79 Å². The van der Waals surface area contributed by atoms with Gasteiger partial charge in [-0.2, -0.15) is 0 Å². The number of aliphatic imine (C=N–C) groups is 1. The molecule has 1 heterocycles. The Hall–Kier alpha value is -2.09. The quantitative estimate of drug-likeness (QED) is 0.417. The Balaban J connectivity index is 0.00000261. The molecule has 6 heteroatoms. The van der Waals surface area contributed by atoms with Gasteiger partial charge >= 0.3 is 0 Å². The molecule has 0 unspecified atom stereocenters. The summed E-state index contributed by atoms with van der Waals surface area (Å²) in [6.45, 7) is 3.80. The smallest absolute Gasteiger partial charge is 0.246 e. The molecule has 0 aliphatic carbocycles. The molecule has 0 fully saturated rings. The van der Waals surface area contributed by atoms with Gasteiger partial charge in [-0.3, -0.25) is 9.79 Å². The average molecular weight is 478 g/mol. The predicted octanol–water partition coefficient (Wildman–Crippen LogP) is 3.21. The zero-order valence-corrected chi connectivity index (χ0v) is 18.4. The Bertz CT molecular complexity index is 804. The van der Waals surface area contributed by atoms with Crippen molar-refractivity contribution >= 4 is 41.5 Å². The number of rotatable bonds is 4. The largest absolute Gasteiger partial charge is 0.347 e. The Morgan fingerprint density at radius 3 is 2.59 bits per heavy atom. The van der Waals surface area contributed by atoms with Crippen LogP contribution < -0.4 is 10.2 Å². The molecule has 1 N–H and O–H groups in total. The van der Waals surface area contributed by atoms with Gasteiger partial charge in [-0.25, -0.2) is 0 Å². The third kappa shape index (κ3) is 5.22. The number of benzene rings is 2. The number of guanidine groups is 1. The second kappa shape index (κ2) is 9.73. The molecule has 1 amide bonds. The van der Waals surface area contributed by atoms with Crippen LogP contribution in [0, 0.1) is 6.92 Å². The Kier molecular flexibility index (Phi) is 7.65. The minimum atomic E-state index is 0. The molecular formula is C21H27IN4O. The van der Waals surface area contributed by atoms with Crippen LogP contribution in [0.3, 0.4) is 0 Å². The van der Waals surface area contributed by atoms with Crippen LogP contribution in [0.25, 0.3) is 0 Å². The highest BCUT2D eigenvalue weighted by Gasteiger charge is 2.24. The fraction of sp³-hybridized carbons (Fsp3) is 0.333. The fourth-order valence-corrected chi connectivity index (χ4v) is 3.27. The molecule has 144 valence electrons. The number of para-hydroxylation sites is 1. The average Bonchev–Trinajstić information content (AvgIpc) is 3.08. The summed E-state index contributed by atoms with van der Waals surface area (Å²) in [6.07, 6.45) is 0.921. The van der Waals surface area contributed by atoms with Crippen LogP contribution in [0.2, 0.25) is 0 Å². The third-order valence-electron chi connectivity index (χ3n) is 4.70. The number of halogens is 1. The van der Waals surface area contributed by atoms with Gasteiger partial charge in [-0.05, 0) is 30.5 Å². The van der Waals surface area contributed by atoms with Crippen molar-refractivity contribution in [3.8, 4) is 0 Å². The van der Waals surface area contributed by atoms with E-state index in [1.807, 2.05) is 35.0 Å². The summed E-state index contributed by atoms with van der Waals surface area (Å²) in [7, 11) is 3.72. The molecule has 2 aromatic rings. The topological polar surface area (TPSA) is 47.9 Å². The molecule has 0 saturated heterocycles. The second-order valence-corrected chi connectivity index (χ2v) is 6.67. The first-order valence-electron chi connectivity index (χ1n) is 8.94. The Labute approximate surface area is 178 Å². The molecule has 1 aliphatic heterocycles. The van der Waals surface area contributed by atoms with E-state index in [0.717, 1.165) is 25.2 Å². The number of aryl methyl sites for hydroxylation is 1. The molecule has 3 rings (SSSR count). The number of nitrogens with zero attached hydrogens (tertiary/aromatic N) is 3. The van der Waals surface area contributed by atoms with E-state index in [0.29, 0.717) is 5.96 Å². The second-order valence-electron chi connectivity index (χ2n) is 6.67. The maximum absolute atomic E-state index is 12.6. The van der Waals surface area contributed by atoms with E-state index in [-0.39, 0.29) is 36.4 Å². The molecule has 0 spiro atoms. The van der Waals surface area contributed by atoms with E-state index in [9.17, 15) is 4.79 Å². The zero-order valence-electron chi connectivity index (χ0n) is 16.1. The minimum Gasteiger partial charge on any atom is -0.347 e. The summed E-state index contributed by atoms with van der Waals surface area (Å²) in [5, 5.41) is 3.19. The molecule has 2 aromatic carbocycles. The highest BCUT2D eigenvalue weighted by Crippen LogP contribution is 2.27. The van der Waals surface area contributed by atoms with E-state index in [1.54, 1.807) is 7.05 Å². The van der Waals surface area contributed by atoms with E-state index in [4.69, 9.17) is 0 Å². The lowest BCUT2D eigenvalue weighted by molar-refractivity contribution is -0.117. The van der Waals surface area contributed by atoms with Gasteiger partial charge in [0.15, 0.2) is 5.96 Å². The molecule has 0 saturated carbocycles. The maximum Gasteiger partial charge on any atom is 0.246 e. The highest BCUT2D eigenvalue weighted by molar-refractivity contribution is 14.0. The molecule has 5 nitrogen and oxygen atoms in total. The van der Waals surface area contributed by atoms with Crippen LogP contribution in [0.1, 0.15) is 16.7 Å². The van der Waals surface area contributed by atoms with Gasteiger partial charge in [0.25, 0.3) is 0 Å². The lowest BCUT2D eigenvalue weighted by Crippen LogP contribution is -2.44. The Morgan fingerprint density at radius 1 is 1.19 bits per heavy atom. The van der Waals surface area contributed by atoms with Crippen LogP contribution in [0.15, 0.2) is 53.5 Å². The summed E-state index contributed by atoms with van der Waals surface area (Å²) in [5.74, 6) is 0.784. The molecule has 0 aromatic heterocycles. The summed E-state index contributed by atoms with van der Waals surface area (Å²) in [6, 6.07) is 16.5. The van der Waals surface area contributed by atoms with Gasteiger partial charge in [-0.1, -0.05) is 48.0 Å². The van der Waals surface area contributed by atoms with Gasteiger partial charge in [0.05, 0.1) is 6.54 Å². The van der Waals surface area contributed by atoms with Crippen LogP contribution in [-0.2, 0) is 17.8 Å². The number of nitrogens with one attached hydrogen (secondary N) is 1. The van der Waals surface area contributed by atoms with Crippen LogP contribution in [0.4, 0.5) is 5.69 Å². The molecule has 1 aliphatic rings. The first kappa shape index (κ1) is 21.2. The standard InChI is InChI=1S/C21H26N4O.HI/c1-16-8-10-17(11-9-16)15-24(3)21(22-2)23-14-20(26)25-13-12-18-6-4-5-7-19(18)25;/h4-11H,12-15H2,1-3H3,(H,22,23);1H. The Morgan fingerprint density at radius 2 is 1.89 bits per heavy atom. The number of hydrogen-bond acceptors (Lipinski definition) is 2. The van der Waals surface area contributed by atoms with Crippen molar-refractivity contribution in [2.24, 2.45) is 4.99 Å². The van der Waals surface area contributed by atoms with E-state index in [2.05, 4.69) is 47.6 Å². The van der Waals surface area contributed by atoms with Crippen LogP contribution in [0.5, 0.6) is 0 Å². The maximum atomic E-state index is 12.6. The van der Waals surface area contributed by atoms with Crippen molar-refractivity contribution in [3.05, 3.63) is 65.2 Å². The first-order valence-corrected chi connectivity index (χ1v) is 8.94. The first-order chi connectivity index (χ1) is 12.6. The van der Waals surface area contributed by atoms with Crippen molar-refractivity contribution in [2.75, 3.05) is 32.1 Å². The summed E-state index contributed by atoms with van der Waals surface area (Å²) >= 11 is 0. The SMILES string of the molecule is CN=C(NCC(=O)N1CCc2ccccc21)N(C)Cc1ccc(C)cc1.I. The van der Waals surface area contributed by atoms with E-state index < -0.39 is 0 Å². The number of anilines is 1. The summed E-state index contributed by atoms with van der Waals surface area (Å²) in [4.78, 5) is 20.8.